The Morgan fingerprint density at radius 1 is 1.00 bits per heavy atom. The first-order chi connectivity index (χ1) is 9.82. The summed E-state index contributed by atoms with van der Waals surface area (Å²) in [6.45, 7) is 6.54. The molecule has 0 aromatic rings. The van der Waals surface area contributed by atoms with Crippen LogP contribution in [0.1, 0.15) is 85.0 Å². The first-order valence-electron chi connectivity index (χ1n) is 8.93. The Kier molecular flexibility index (Phi) is 5.48. The summed E-state index contributed by atoms with van der Waals surface area (Å²) in [5.41, 5.74) is 6.12. The average molecular weight is 294 g/mol. The molecule has 0 aliphatic heterocycles. The Morgan fingerprint density at radius 2 is 1.57 bits per heavy atom. The maximum Gasteiger partial charge on any atom is 0.157 e. The quantitative estimate of drug-likeness (QED) is 0.837. The summed E-state index contributed by atoms with van der Waals surface area (Å²) in [5, 5.41) is 3.66. The molecule has 2 rings (SSSR count). The van der Waals surface area contributed by atoms with E-state index in [9.17, 15) is 4.79 Å². The molecule has 2 aliphatic carbocycles. The van der Waals surface area contributed by atoms with E-state index < -0.39 is 5.54 Å². The molecular formula is C18H34N2O. The topological polar surface area (TPSA) is 55.1 Å². The monoisotopic (exact) mass is 294 g/mol. The summed E-state index contributed by atoms with van der Waals surface area (Å²) in [7, 11) is 0. The Balaban J connectivity index is 2.05. The highest BCUT2D eigenvalue weighted by molar-refractivity contribution is 5.91. The predicted molar refractivity (Wildman–Crippen MR) is 88.3 cm³/mol. The van der Waals surface area contributed by atoms with Crippen molar-refractivity contribution < 1.29 is 4.79 Å². The third kappa shape index (κ3) is 4.53. The van der Waals surface area contributed by atoms with Gasteiger partial charge >= 0.3 is 0 Å². The van der Waals surface area contributed by atoms with Gasteiger partial charge in [0.2, 0.25) is 0 Å². The van der Waals surface area contributed by atoms with Crippen molar-refractivity contribution >= 4 is 5.78 Å². The van der Waals surface area contributed by atoms with Crippen molar-refractivity contribution in [3.8, 4) is 0 Å². The number of hydrogen-bond acceptors (Lipinski definition) is 3. The van der Waals surface area contributed by atoms with Gasteiger partial charge < -0.3 is 11.1 Å². The highest BCUT2D eigenvalue weighted by atomic mass is 16.1. The molecule has 0 unspecified atom stereocenters. The lowest BCUT2D eigenvalue weighted by atomic mass is 9.76. The molecule has 0 aromatic heterocycles. The van der Waals surface area contributed by atoms with Crippen LogP contribution in [-0.4, -0.2) is 22.9 Å². The summed E-state index contributed by atoms with van der Waals surface area (Å²) < 4.78 is 0. The predicted octanol–water partition coefficient (Wildman–Crippen LogP) is 3.55. The van der Waals surface area contributed by atoms with Gasteiger partial charge in [-0.1, -0.05) is 38.5 Å². The van der Waals surface area contributed by atoms with E-state index >= 15 is 0 Å². The van der Waals surface area contributed by atoms with Crippen LogP contribution in [0.5, 0.6) is 0 Å². The minimum absolute atomic E-state index is 0.0657. The second-order valence-corrected chi connectivity index (χ2v) is 8.33. The van der Waals surface area contributed by atoms with E-state index in [-0.39, 0.29) is 11.5 Å². The van der Waals surface area contributed by atoms with Gasteiger partial charge in [-0.05, 0) is 46.5 Å². The molecule has 0 spiro atoms. The average Bonchev–Trinajstić information content (AvgIpc) is 2.79. The molecule has 0 heterocycles. The van der Waals surface area contributed by atoms with E-state index in [2.05, 4.69) is 26.1 Å². The van der Waals surface area contributed by atoms with Crippen LogP contribution in [0.25, 0.3) is 0 Å². The Hall–Kier alpha value is -0.410. The molecule has 3 N–H and O–H groups in total. The standard InChI is InChI=1S/C18H34N2O/c1-17(2,3)20-15-11-9-10-14(15)16(21)18(19)12-7-5-4-6-8-13-18/h14-15,20H,4-13,19H2,1-3H3/t14-,15+/m0/s1. The SMILES string of the molecule is CC(C)(C)N[C@@H]1CCC[C@@H]1C(=O)C1(N)CCCCCCC1. The molecule has 0 amide bonds. The number of nitrogens with one attached hydrogen (secondary N) is 1. The fourth-order valence-corrected chi connectivity index (χ4v) is 4.15. The Morgan fingerprint density at radius 3 is 2.14 bits per heavy atom. The molecule has 2 atom stereocenters. The van der Waals surface area contributed by atoms with Crippen LogP contribution in [-0.2, 0) is 4.79 Å². The molecule has 3 nitrogen and oxygen atoms in total. The van der Waals surface area contributed by atoms with Crippen molar-refractivity contribution in [2.45, 2.75) is 102 Å². The number of rotatable bonds is 3. The summed E-state index contributed by atoms with van der Waals surface area (Å²) in [5.74, 6) is 0.484. The second kappa shape index (κ2) is 6.78. The van der Waals surface area contributed by atoms with Crippen LogP contribution < -0.4 is 11.1 Å². The summed E-state index contributed by atoms with van der Waals surface area (Å²) in [6.07, 6.45) is 11.1. The largest absolute Gasteiger partial charge is 0.319 e. The van der Waals surface area contributed by atoms with Crippen LogP contribution in [0.3, 0.4) is 0 Å². The van der Waals surface area contributed by atoms with Gasteiger partial charge in [-0.3, -0.25) is 4.79 Å². The first-order valence-corrected chi connectivity index (χ1v) is 8.93. The van der Waals surface area contributed by atoms with E-state index in [1.165, 1.54) is 19.3 Å². The molecule has 21 heavy (non-hydrogen) atoms. The first kappa shape index (κ1) is 17.0. The third-order valence-corrected chi connectivity index (χ3v) is 5.21. The minimum Gasteiger partial charge on any atom is -0.319 e. The van der Waals surface area contributed by atoms with Crippen LogP contribution in [0, 0.1) is 5.92 Å². The van der Waals surface area contributed by atoms with Gasteiger partial charge in [-0.15, -0.1) is 0 Å². The molecule has 0 aromatic carbocycles. The van der Waals surface area contributed by atoms with Crippen molar-refractivity contribution in [3.63, 3.8) is 0 Å². The summed E-state index contributed by atoms with van der Waals surface area (Å²) >= 11 is 0. The van der Waals surface area contributed by atoms with Crippen molar-refractivity contribution in [1.82, 2.24) is 5.32 Å². The van der Waals surface area contributed by atoms with Gasteiger partial charge in [0, 0.05) is 17.5 Å². The highest BCUT2D eigenvalue weighted by Gasteiger charge is 2.43. The third-order valence-electron chi connectivity index (χ3n) is 5.21. The van der Waals surface area contributed by atoms with E-state index in [0.29, 0.717) is 11.8 Å². The van der Waals surface area contributed by atoms with Crippen LogP contribution in [0.4, 0.5) is 0 Å². The maximum absolute atomic E-state index is 13.1. The van der Waals surface area contributed by atoms with Crippen LogP contribution >= 0.6 is 0 Å². The van der Waals surface area contributed by atoms with Crippen LogP contribution in [0.15, 0.2) is 0 Å². The number of Topliss-reactive ketones (excluding diaryl/α,β-unsaturated/α-hetero) is 1. The Bertz CT molecular complexity index is 351. The molecule has 122 valence electrons. The number of carbonyl (C=O) groups is 1. The molecule has 2 aliphatic rings. The maximum atomic E-state index is 13.1. The van der Waals surface area contributed by atoms with E-state index in [1.54, 1.807) is 0 Å². The Labute approximate surface area is 130 Å². The smallest absolute Gasteiger partial charge is 0.157 e. The van der Waals surface area contributed by atoms with Crippen molar-refractivity contribution in [2.24, 2.45) is 11.7 Å². The fraction of sp³-hybridized carbons (Fsp3) is 0.944. The van der Waals surface area contributed by atoms with E-state index in [4.69, 9.17) is 5.73 Å². The van der Waals surface area contributed by atoms with Gasteiger partial charge in [-0.2, -0.15) is 0 Å². The van der Waals surface area contributed by atoms with Crippen molar-refractivity contribution in [1.29, 1.82) is 0 Å². The van der Waals surface area contributed by atoms with E-state index in [1.807, 2.05) is 0 Å². The lowest BCUT2D eigenvalue weighted by Crippen LogP contribution is -2.55. The molecule has 0 radical (unpaired) electrons. The molecule has 0 bridgehead atoms. The zero-order chi connectivity index (χ0) is 15.5. The summed E-state index contributed by atoms with van der Waals surface area (Å²) in [4.78, 5) is 13.1. The van der Waals surface area contributed by atoms with Gasteiger partial charge in [0.05, 0.1) is 5.54 Å². The van der Waals surface area contributed by atoms with Gasteiger partial charge in [0.25, 0.3) is 0 Å². The van der Waals surface area contributed by atoms with Gasteiger partial charge in [0.15, 0.2) is 5.78 Å². The zero-order valence-corrected chi connectivity index (χ0v) is 14.2. The van der Waals surface area contributed by atoms with Gasteiger partial charge in [0.1, 0.15) is 0 Å². The lowest BCUT2D eigenvalue weighted by Gasteiger charge is -2.36. The molecule has 2 saturated carbocycles. The molecule has 0 saturated heterocycles. The van der Waals surface area contributed by atoms with Crippen molar-refractivity contribution in [3.05, 3.63) is 0 Å². The normalized spacial score (nSPS) is 30.7. The molecule has 3 heteroatoms. The number of ketones is 1. The van der Waals surface area contributed by atoms with Crippen LogP contribution in [0.2, 0.25) is 0 Å². The van der Waals surface area contributed by atoms with Gasteiger partial charge in [-0.25, -0.2) is 0 Å². The number of hydrogen-bond donors (Lipinski definition) is 2. The minimum atomic E-state index is -0.548. The second-order valence-electron chi connectivity index (χ2n) is 8.33. The highest BCUT2D eigenvalue weighted by Crippen LogP contribution is 2.35. The lowest BCUT2D eigenvalue weighted by molar-refractivity contribution is -0.129. The molecular weight excluding hydrogens is 260 g/mol. The fourth-order valence-electron chi connectivity index (χ4n) is 4.15. The number of carbonyl (C=O) groups excluding carboxylic acids is 1. The zero-order valence-electron chi connectivity index (χ0n) is 14.2. The van der Waals surface area contributed by atoms with Crippen molar-refractivity contribution in [2.75, 3.05) is 0 Å². The van der Waals surface area contributed by atoms with E-state index in [0.717, 1.165) is 44.9 Å². The molecule has 2 fully saturated rings. The summed E-state index contributed by atoms with van der Waals surface area (Å²) in [6, 6.07) is 0.323. The number of nitrogens with two attached hydrogens (primary N) is 1.